The monoisotopic (exact) mass is 540 g/mol. The number of nitrogens with one attached hydrogen (secondary N) is 2. The largest absolute Gasteiger partial charge is 0.479 e. The summed E-state index contributed by atoms with van der Waals surface area (Å²) in [6.07, 6.45) is -9.27. The summed E-state index contributed by atoms with van der Waals surface area (Å²) in [4.78, 5) is 47.9. The van der Waals surface area contributed by atoms with Crippen molar-refractivity contribution in [2.75, 3.05) is 11.9 Å². The van der Waals surface area contributed by atoms with Crippen molar-refractivity contribution in [1.29, 1.82) is 0 Å². The number of benzene rings is 1. The maximum Gasteiger partial charge on any atom is 0.335 e. The maximum absolute atomic E-state index is 12.6. The van der Waals surface area contributed by atoms with Crippen LogP contribution in [0.15, 0.2) is 18.2 Å². The predicted molar refractivity (Wildman–Crippen MR) is 132 cm³/mol. The summed E-state index contributed by atoms with van der Waals surface area (Å²) in [5.41, 5.74) is -0.193. The van der Waals surface area contributed by atoms with Crippen LogP contribution in [0.3, 0.4) is 0 Å². The molecule has 1 saturated heterocycles. The average molecular weight is 541 g/mol. The fourth-order valence-electron chi connectivity index (χ4n) is 3.22. The molecular weight excluding hydrogens is 504 g/mol. The van der Waals surface area contributed by atoms with Crippen molar-refractivity contribution < 1.29 is 53.8 Å². The SMILES string of the molecule is CC(C)C(=O)NCCC(=O)Nc1cc(COC(=O)C(C)(C)C)ccc1O[C@@H]1O[C@H](C(=O)O)[C@@H](O)[C@H](O)[C@H]1O. The van der Waals surface area contributed by atoms with E-state index in [1.54, 1.807) is 34.6 Å². The van der Waals surface area contributed by atoms with Crippen LogP contribution < -0.4 is 15.4 Å². The van der Waals surface area contributed by atoms with Gasteiger partial charge < -0.3 is 45.3 Å². The number of amides is 2. The lowest BCUT2D eigenvalue weighted by atomic mass is 9.97. The Morgan fingerprint density at radius 1 is 1.05 bits per heavy atom. The number of aliphatic hydroxyl groups is 3. The van der Waals surface area contributed by atoms with Gasteiger partial charge in [-0.05, 0) is 38.5 Å². The first-order valence-corrected chi connectivity index (χ1v) is 12.1. The Labute approximate surface area is 220 Å². The highest BCUT2D eigenvalue weighted by Crippen LogP contribution is 2.31. The van der Waals surface area contributed by atoms with Crippen LogP contribution >= 0.6 is 0 Å². The Balaban J connectivity index is 2.24. The van der Waals surface area contributed by atoms with E-state index in [1.165, 1.54) is 18.2 Å². The van der Waals surface area contributed by atoms with Crippen LogP contribution in [-0.2, 0) is 35.3 Å². The van der Waals surface area contributed by atoms with E-state index in [0.717, 1.165) is 0 Å². The molecule has 1 aliphatic rings. The van der Waals surface area contributed by atoms with Gasteiger partial charge >= 0.3 is 11.9 Å². The molecule has 2 rings (SSSR count). The van der Waals surface area contributed by atoms with Gasteiger partial charge in [-0.3, -0.25) is 14.4 Å². The zero-order valence-corrected chi connectivity index (χ0v) is 22.0. The van der Waals surface area contributed by atoms with E-state index in [0.29, 0.717) is 5.56 Å². The van der Waals surface area contributed by atoms with Crippen LogP contribution in [0.4, 0.5) is 5.69 Å². The number of anilines is 1. The minimum Gasteiger partial charge on any atom is -0.479 e. The molecule has 1 fully saturated rings. The number of rotatable bonds is 10. The second-order valence-electron chi connectivity index (χ2n) is 10.3. The summed E-state index contributed by atoms with van der Waals surface area (Å²) >= 11 is 0. The van der Waals surface area contributed by atoms with Crippen molar-refractivity contribution in [3.8, 4) is 5.75 Å². The molecule has 0 bridgehead atoms. The lowest BCUT2D eigenvalue weighted by Gasteiger charge is -2.38. The van der Waals surface area contributed by atoms with E-state index in [-0.39, 0.29) is 42.8 Å². The number of carbonyl (C=O) groups is 4. The number of aliphatic hydroxyl groups excluding tert-OH is 3. The van der Waals surface area contributed by atoms with Crippen LogP contribution in [0.1, 0.15) is 46.6 Å². The third kappa shape index (κ3) is 8.38. The van der Waals surface area contributed by atoms with Crippen LogP contribution in [0, 0.1) is 11.3 Å². The highest BCUT2D eigenvalue weighted by Gasteiger charge is 2.48. The van der Waals surface area contributed by atoms with E-state index in [9.17, 15) is 39.6 Å². The van der Waals surface area contributed by atoms with Gasteiger partial charge in [0.15, 0.2) is 6.10 Å². The summed E-state index contributed by atoms with van der Waals surface area (Å²) in [6, 6.07) is 4.34. The molecule has 0 unspecified atom stereocenters. The normalized spacial score (nSPS) is 23.4. The fraction of sp³-hybridized carbons (Fsp3) is 0.600. The minimum absolute atomic E-state index is 0.0627. The van der Waals surface area contributed by atoms with E-state index in [2.05, 4.69) is 10.6 Å². The molecule has 2 amide bonds. The second kappa shape index (κ2) is 13.0. The van der Waals surface area contributed by atoms with Gasteiger partial charge in [0.05, 0.1) is 11.1 Å². The number of carboxylic acids is 1. The molecule has 6 N–H and O–H groups in total. The van der Waals surface area contributed by atoms with Gasteiger partial charge in [0.1, 0.15) is 30.7 Å². The maximum atomic E-state index is 12.6. The van der Waals surface area contributed by atoms with Gasteiger partial charge in [-0.2, -0.15) is 0 Å². The third-order valence-corrected chi connectivity index (χ3v) is 5.53. The molecule has 0 aromatic heterocycles. The summed E-state index contributed by atoms with van der Waals surface area (Å²) in [6.45, 7) is 8.45. The van der Waals surface area contributed by atoms with Crippen molar-refractivity contribution >= 4 is 29.4 Å². The summed E-state index contributed by atoms with van der Waals surface area (Å²) in [5.74, 6) is -3.07. The highest BCUT2D eigenvalue weighted by atomic mass is 16.7. The smallest absolute Gasteiger partial charge is 0.335 e. The van der Waals surface area contributed by atoms with Gasteiger partial charge in [-0.1, -0.05) is 19.9 Å². The van der Waals surface area contributed by atoms with Gasteiger partial charge in [0.2, 0.25) is 18.1 Å². The van der Waals surface area contributed by atoms with Crippen molar-refractivity contribution in [2.45, 2.75) is 78.4 Å². The molecule has 13 heteroatoms. The topological polar surface area (TPSA) is 201 Å². The van der Waals surface area contributed by atoms with Gasteiger partial charge in [-0.15, -0.1) is 0 Å². The summed E-state index contributed by atoms with van der Waals surface area (Å²) in [7, 11) is 0. The highest BCUT2D eigenvalue weighted by molar-refractivity contribution is 5.93. The Hall–Kier alpha value is -3.26. The Bertz CT molecular complexity index is 1020. The lowest BCUT2D eigenvalue weighted by molar-refractivity contribution is -0.271. The minimum atomic E-state index is -1.90. The van der Waals surface area contributed by atoms with Gasteiger partial charge in [0.25, 0.3) is 0 Å². The van der Waals surface area contributed by atoms with Gasteiger partial charge in [0, 0.05) is 18.9 Å². The standard InChI is InChI=1S/C25H36N2O11/c1-12(2)21(32)26-9-8-16(28)27-14-10-13(11-36-24(35)25(3,4)5)6-7-15(14)37-23-19(31)17(29)18(30)20(38-23)22(33)34/h6-7,10,12,17-20,23,29-31H,8-9,11H2,1-5H3,(H,26,32)(H,27,28)(H,33,34)/t17-,18-,19+,20-,23+/m0/s1. The number of aliphatic carboxylic acids is 1. The lowest BCUT2D eigenvalue weighted by Crippen LogP contribution is -2.61. The number of esters is 1. The van der Waals surface area contributed by atoms with E-state index < -0.39 is 54.0 Å². The molecule has 1 aliphatic heterocycles. The summed E-state index contributed by atoms with van der Waals surface area (Å²) < 4.78 is 16.1. The first kappa shape index (κ1) is 31.0. The van der Waals surface area contributed by atoms with Crippen molar-refractivity contribution in [3.63, 3.8) is 0 Å². The number of ether oxygens (including phenoxy) is 3. The first-order chi connectivity index (χ1) is 17.6. The number of carboxylic acid groups (broad SMARTS) is 1. The van der Waals surface area contributed by atoms with Crippen molar-refractivity contribution in [2.24, 2.45) is 11.3 Å². The van der Waals surface area contributed by atoms with Crippen molar-refractivity contribution in [3.05, 3.63) is 23.8 Å². The molecule has 5 atom stereocenters. The van der Waals surface area contributed by atoms with E-state index in [4.69, 9.17) is 14.2 Å². The predicted octanol–water partition coefficient (Wildman–Crippen LogP) is 0.148. The summed E-state index contributed by atoms with van der Waals surface area (Å²) in [5, 5.41) is 44.7. The second-order valence-corrected chi connectivity index (χ2v) is 10.3. The van der Waals surface area contributed by atoms with Gasteiger partial charge in [-0.25, -0.2) is 4.79 Å². The first-order valence-electron chi connectivity index (χ1n) is 12.1. The molecule has 212 valence electrons. The molecule has 1 aromatic rings. The number of carbonyl (C=O) groups excluding carboxylic acids is 3. The molecule has 0 aliphatic carbocycles. The molecule has 0 spiro atoms. The quantitative estimate of drug-likeness (QED) is 0.221. The Morgan fingerprint density at radius 3 is 2.29 bits per heavy atom. The van der Waals surface area contributed by atoms with Crippen molar-refractivity contribution in [1.82, 2.24) is 5.32 Å². The molecule has 0 radical (unpaired) electrons. The number of hydrogen-bond donors (Lipinski definition) is 6. The van der Waals surface area contributed by atoms with E-state index >= 15 is 0 Å². The average Bonchev–Trinajstić information content (AvgIpc) is 2.82. The molecule has 0 saturated carbocycles. The molecule has 13 nitrogen and oxygen atoms in total. The van der Waals surface area contributed by atoms with Crippen LogP contribution in [0.5, 0.6) is 5.75 Å². The molecular formula is C25H36N2O11. The van der Waals surface area contributed by atoms with Crippen LogP contribution in [0.2, 0.25) is 0 Å². The van der Waals surface area contributed by atoms with Crippen LogP contribution in [0.25, 0.3) is 0 Å². The van der Waals surface area contributed by atoms with E-state index in [1.807, 2.05) is 0 Å². The number of hydrogen-bond acceptors (Lipinski definition) is 10. The fourth-order valence-corrected chi connectivity index (χ4v) is 3.22. The molecule has 1 aromatic carbocycles. The Morgan fingerprint density at radius 2 is 1.71 bits per heavy atom. The Kier molecular flexibility index (Phi) is 10.6. The van der Waals surface area contributed by atoms with Crippen LogP contribution in [-0.4, -0.2) is 81.4 Å². The molecule has 1 heterocycles. The zero-order chi connectivity index (χ0) is 28.8. The molecule has 38 heavy (non-hydrogen) atoms. The third-order valence-electron chi connectivity index (χ3n) is 5.53. The zero-order valence-electron chi connectivity index (χ0n) is 22.0.